The Kier molecular flexibility index (Phi) is 7.79. The van der Waals surface area contributed by atoms with Gasteiger partial charge in [0, 0.05) is 49.8 Å². The molecule has 3 aliphatic heterocycles. The summed E-state index contributed by atoms with van der Waals surface area (Å²) in [6, 6.07) is 15.3. The number of halogens is 1. The SMILES string of the molecule is COCCN(C)C(=O)c1cccc(-c2cccc3cc(C(=O)N[C@@H]4CN5CCC4CC5)oc23)c1.Cl. The number of benzene rings is 2. The van der Waals surface area contributed by atoms with E-state index < -0.39 is 0 Å². The van der Waals surface area contributed by atoms with Gasteiger partial charge >= 0.3 is 0 Å². The molecule has 7 nitrogen and oxygen atoms in total. The number of para-hydroxylation sites is 1. The molecule has 35 heavy (non-hydrogen) atoms. The molecule has 4 heterocycles. The molecule has 2 aromatic carbocycles. The van der Waals surface area contributed by atoms with Crippen molar-refractivity contribution in [1.29, 1.82) is 0 Å². The summed E-state index contributed by atoms with van der Waals surface area (Å²) in [5.41, 5.74) is 2.97. The lowest BCUT2D eigenvalue weighted by Crippen LogP contribution is -2.57. The molecule has 2 bridgehead atoms. The minimum absolute atomic E-state index is 0. The van der Waals surface area contributed by atoms with E-state index in [4.69, 9.17) is 9.15 Å². The lowest BCUT2D eigenvalue weighted by atomic mass is 9.84. The molecule has 0 saturated carbocycles. The largest absolute Gasteiger partial charge is 0.450 e. The van der Waals surface area contributed by atoms with E-state index in [1.807, 2.05) is 48.5 Å². The zero-order valence-electron chi connectivity index (χ0n) is 20.2. The predicted octanol–water partition coefficient (Wildman–Crippen LogP) is 4.06. The predicted molar refractivity (Wildman–Crippen MR) is 138 cm³/mol. The van der Waals surface area contributed by atoms with Crippen LogP contribution in [0, 0.1) is 5.92 Å². The summed E-state index contributed by atoms with van der Waals surface area (Å²) in [4.78, 5) is 29.9. The molecule has 186 valence electrons. The van der Waals surface area contributed by atoms with E-state index in [9.17, 15) is 9.59 Å². The van der Waals surface area contributed by atoms with Gasteiger partial charge < -0.3 is 24.3 Å². The standard InChI is InChI=1S/C27H31N3O4.ClH/c1-29(13-14-33-2)27(32)21-7-3-5-19(15-21)22-8-4-6-20-16-24(34-25(20)22)26(31)28-23-17-30-11-9-18(23)10-12-30;/h3-8,15-16,18,23H,9-14,17H2,1-2H3,(H,28,31);1H/t23-;/m1./s1. The summed E-state index contributed by atoms with van der Waals surface area (Å²) < 4.78 is 11.2. The molecule has 3 fully saturated rings. The Morgan fingerprint density at radius 2 is 1.91 bits per heavy atom. The monoisotopic (exact) mass is 497 g/mol. The van der Waals surface area contributed by atoms with Crippen molar-refractivity contribution in [1.82, 2.24) is 15.1 Å². The molecule has 0 spiro atoms. The van der Waals surface area contributed by atoms with Crippen LogP contribution in [0.2, 0.25) is 0 Å². The van der Waals surface area contributed by atoms with Crippen LogP contribution in [0.4, 0.5) is 0 Å². The van der Waals surface area contributed by atoms with E-state index in [1.54, 1.807) is 19.1 Å². The fourth-order valence-corrected chi connectivity index (χ4v) is 5.14. The van der Waals surface area contributed by atoms with Crippen molar-refractivity contribution in [3.63, 3.8) is 0 Å². The number of likely N-dealkylation sites (N-methyl/N-ethyl adjacent to an activating group) is 1. The van der Waals surface area contributed by atoms with Gasteiger partial charge in [0.05, 0.1) is 6.61 Å². The van der Waals surface area contributed by atoms with E-state index in [1.165, 1.54) is 0 Å². The van der Waals surface area contributed by atoms with Crippen molar-refractivity contribution in [3.8, 4) is 11.1 Å². The van der Waals surface area contributed by atoms with Crippen molar-refractivity contribution < 1.29 is 18.7 Å². The van der Waals surface area contributed by atoms with Gasteiger partial charge in [0.15, 0.2) is 5.76 Å². The molecule has 1 N–H and O–H groups in total. The van der Waals surface area contributed by atoms with Crippen molar-refractivity contribution in [2.24, 2.45) is 5.92 Å². The third kappa shape index (κ3) is 5.22. The van der Waals surface area contributed by atoms with Crippen LogP contribution in [-0.2, 0) is 4.74 Å². The minimum Gasteiger partial charge on any atom is -0.450 e. The molecule has 2 amide bonds. The van der Waals surface area contributed by atoms with Crippen molar-refractivity contribution in [2.75, 3.05) is 46.9 Å². The molecule has 1 aromatic heterocycles. The van der Waals surface area contributed by atoms with Crippen molar-refractivity contribution >= 4 is 35.2 Å². The minimum atomic E-state index is -0.162. The Bertz CT molecular complexity index is 1200. The fourth-order valence-electron chi connectivity index (χ4n) is 5.14. The topological polar surface area (TPSA) is 75.0 Å². The quantitative estimate of drug-likeness (QED) is 0.532. The van der Waals surface area contributed by atoms with Crippen LogP contribution >= 0.6 is 12.4 Å². The normalized spacial score (nSPS) is 20.9. The Morgan fingerprint density at radius 1 is 1.14 bits per heavy atom. The first-order chi connectivity index (χ1) is 16.5. The van der Waals surface area contributed by atoms with Gasteiger partial charge in [-0.25, -0.2) is 0 Å². The number of furan rings is 1. The first-order valence-electron chi connectivity index (χ1n) is 11.9. The van der Waals surface area contributed by atoms with Crippen molar-refractivity contribution in [3.05, 3.63) is 59.9 Å². The maximum absolute atomic E-state index is 13.0. The molecule has 3 aliphatic rings. The van der Waals surface area contributed by atoms with Crippen LogP contribution in [0.15, 0.2) is 52.9 Å². The van der Waals surface area contributed by atoms with Gasteiger partial charge in [-0.2, -0.15) is 0 Å². The molecule has 0 radical (unpaired) electrons. The van der Waals surface area contributed by atoms with E-state index >= 15 is 0 Å². The molecular weight excluding hydrogens is 466 g/mol. The summed E-state index contributed by atoms with van der Waals surface area (Å²) in [6.45, 7) is 4.19. The first-order valence-corrected chi connectivity index (χ1v) is 11.9. The third-order valence-corrected chi connectivity index (χ3v) is 7.14. The van der Waals surface area contributed by atoms with Gasteiger partial charge in [-0.3, -0.25) is 9.59 Å². The van der Waals surface area contributed by atoms with Gasteiger partial charge in [-0.05, 0) is 55.6 Å². The van der Waals surface area contributed by atoms with Crippen LogP contribution in [-0.4, -0.2) is 74.6 Å². The molecule has 6 rings (SSSR count). The first kappa shape index (κ1) is 25.2. The molecule has 1 atom stereocenters. The second-order valence-electron chi connectivity index (χ2n) is 9.35. The smallest absolute Gasteiger partial charge is 0.287 e. The van der Waals surface area contributed by atoms with Crippen molar-refractivity contribution in [2.45, 2.75) is 18.9 Å². The Hall–Kier alpha value is -2.87. The van der Waals surface area contributed by atoms with E-state index in [-0.39, 0.29) is 30.3 Å². The summed E-state index contributed by atoms with van der Waals surface area (Å²) in [7, 11) is 3.38. The number of carbonyl (C=O) groups is 2. The van der Waals surface area contributed by atoms with Gasteiger partial charge in [0.2, 0.25) is 0 Å². The molecule has 0 unspecified atom stereocenters. The summed E-state index contributed by atoms with van der Waals surface area (Å²) in [5.74, 6) is 0.648. The number of piperidine rings is 3. The zero-order valence-corrected chi connectivity index (χ0v) is 21.0. The molecule has 8 heteroatoms. The van der Waals surface area contributed by atoms with Gasteiger partial charge in [0.1, 0.15) is 5.58 Å². The van der Waals surface area contributed by atoms with Crippen LogP contribution in [0.3, 0.4) is 0 Å². The number of fused-ring (bicyclic) bond motifs is 4. The van der Waals surface area contributed by atoms with Gasteiger partial charge in [-0.15, -0.1) is 12.4 Å². The number of rotatable bonds is 7. The lowest BCUT2D eigenvalue weighted by molar-refractivity contribution is 0.0607. The number of hydrogen-bond donors (Lipinski definition) is 1. The Labute approximate surface area is 211 Å². The van der Waals surface area contributed by atoms with Crippen LogP contribution < -0.4 is 5.32 Å². The highest BCUT2D eigenvalue weighted by Gasteiger charge is 2.35. The number of amides is 2. The van der Waals surface area contributed by atoms with E-state index in [0.29, 0.717) is 36.0 Å². The summed E-state index contributed by atoms with van der Waals surface area (Å²) >= 11 is 0. The molecule has 3 saturated heterocycles. The number of nitrogens with zero attached hydrogens (tertiary/aromatic N) is 2. The second-order valence-corrected chi connectivity index (χ2v) is 9.35. The summed E-state index contributed by atoms with van der Waals surface area (Å²) in [6.07, 6.45) is 2.29. The second kappa shape index (κ2) is 10.8. The van der Waals surface area contributed by atoms with Crippen LogP contribution in [0.5, 0.6) is 0 Å². The average molecular weight is 498 g/mol. The van der Waals surface area contributed by atoms with Crippen LogP contribution in [0.25, 0.3) is 22.1 Å². The van der Waals surface area contributed by atoms with Gasteiger partial charge in [-0.1, -0.05) is 30.3 Å². The van der Waals surface area contributed by atoms with E-state index in [0.717, 1.165) is 49.0 Å². The number of hydrogen-bond acceptors (Lipinski definition) is 5. The highest BCUT2D eigenvalue weighted by atomic mass is 35.5. The third-order valence-electron chi connectivity index (χ3n) is 7.14. The number of ether oxygens (including phenoxy) is 1. The maximum Gasteiger partial charge on any atom is 0.287 e. The highest BCUT2D eigenvalue weighted by molar-refractivity contribution is 6.01. The Balaban J connectivity index is 0.00000289. The average Bonchev–Trinajstić information content (AvgIpc) is 3.32. The number of nitrogens with one attached hydrogen (secondary N) is 1. The number of methoxy groups -OCH3 is 1. The number of carbonyl (C=O) groups excluding carboxylic acids is 2. The van der Waals surface area contributed by atoms with E-state index in [2.05, 4.69) is 10.2 Å². The highest BCUT2D eigenvalue weighted by Crippen LogP contribution is 2.32. The molecule has 3 aromatic rings. The molecule has 0 aliphatic carbocycles. The van der Waals surface area contributed by atoms with Crippen LogP contribution in [0.1, 0.15) is 33.8 Å². The Morgan fingerprint density at radius 3 is 2.63 bits per heavy atom. The van der Waals surface area contributed by atoms with Gasteiger partial charge in [0.25, 0.3) is 11.8 Å². The molecular formula is C27H32ClN3O4. The lowest BCUT2D eigenvalue weighted by Gasteiger charge is -2.44. The fraction of sp³-hybridized carbons (Fsp3) is 0.407. The maximum atomic E-state index is 13.0. The zero-order chi connectivity index (χ0) is 23.7. The summed E-state index contributed by atoms with van der Waals surface area (Å²) in [5, 5.41) is 4.07.